The van der Waals surface area contributed by atoms with Gasteiger partial charge in [0.1, 0.15) is 5.69 Å². The average molecular weight is 342 g/mol. The van der Waals surface area contributed by atoms with Gasteiger partial charge in [-0.15, -0.1) is 0 Å². The van der Waals surface area contributed by atoms with Gasteiger partial charge in [0.25, 0.3) is 5.91 Å². The van der Waals surface area contributed by atoms with Gasteiger partial charge in [-0.05, 0) is 43.5 Å². The van der Waals surface area contributed by atoms with Crippen LogP contribution in [0.5, 0.6) is 0 Å². The third kappa shape index (κ3) is 2.94. The maximum Gasteiger partial charge on any atom is 0.297 e. The Balaban J connectivity index is 2.08. The van der Waals surface area contributed by atoms with Gasteiger partial charge in [-0.25, -0.2) is 0 Å². The summed E-state index contributed by atoms with van der Waals surface area (Å²) in [5.74, 6) is 0.219. The van der Waals surface area contributed by atoms with Crippen molar-refractivity contribution < 1.29 is 4.79 Å². The van der Waals surface area contributed by atoms with Crippen LogP contribution in [0.15, 0.2) is 35.5 Å². The third-order valence-corrected chi connectivity index (χ3v) is 5.17. The molecular weight excluding hydrogens is 320 g/mol. The van der Waals surface area contributed by atoms with Crippen LogP contribution in [0.2, 0.25) is 0 Å². The van der Waals surface area contributed by atoms with Crippen molar-refractivity contribution in [2.75, 3.05) is 0 Å². The Bertz CT molecular complexity index is 959. The van der Waals surface area contributed by atoms with Gasteiger partial charge in [0.2, 0.25) is 0 Å². The number of hydrogen-bond acceptors (Lipinski definition) is 3. The van der Waals surface area contributed by atoms with E-state index >= 15 is 0 Å². The maximum absolute atomic E-state index is 12.6. The highest BCUT2D eigenvalue weighted by atomic mass is 32.1. The summed E-state index contributed by atoms with van der Waals surface area (Å²) in [6.45, 7) is 8.35. The summed E-state index contributed by atoms with van der Waals surface area (Å²) in [4.78, 5) is 17.6. The summed E-state index contributed by atoms with van der Waals surface area (Å²) in [5.41, 5.74) is 2.90. The van der Waals surface area contributed by atoms with Crippen LogP contribution in [0.4, 0.5) is 0 Å². The number of benzene rings is 1. The normalized spacial score (nSPS) is 12.7. The van der Waals surface area contributed by atoms with Crippen LogP contribution in [-0.2, 0) is 7.05 Å². The standard InChI is InChI=1S/C18H22N4OS/c1-11(2)13-6-7-14-16(10-13)24-18(21(14)5)20-17(23)15-8-9-19-22(15)12(3)4/h6-12H,1-5H3. The molecule has 0 aliphatic heterocycles. The predicted octanol–water partition coefficient (Wildman–Crippen LogP) is 3.88. The molecule has 0 aliphatic rings. The van der Waals surface area contributed by atoms with Gasteiger partial charge in [-0.3, -0.25) is 9.48 Å². The third-order valence-electron chi connectivity index (χ3n) is 4.08. The topological polar surface area (TPSA) is 52.2 Å². The quantitative estimate of drug-likeness (QED) is 0.725. The second-order valence-electron chi connectivity index (χ2n) is 6.50. The molecule has 0 aliphatic carbocycles. The van der Waals surface area contributed by atoms with Gasteiger partial charge in [0, 0.05) is 19.3 Å². The molecule has 0 bridgehead atoms. The summed E-state index contributed by atoms with van der Waals surface area (Å²) < 4.78 is 4.82. The van der Waals surface area contributed by atoms with Crippen molar-refractivity contribution in [3.8, 4) is 0 Å². The fourth-order valence-corrected chi connectivity index (χ4v) is 3.72. The summed E-state index contributed by atoms with van der Waals surface area (Å²) in [5, 5.41) is 4.21. The molecule has 2 aromatic heterocycles. The van der Waals surface area contributed by atoms with Gasteiger partial charge in [0.15, 0.2) is 4.80 Å². The van der Waals surface area contributed by atoms with Crippen molar-refractivity contribution in [3.63, 3.8) is 0 Å². The van der Waals surface area contributed by atoms with Crippen LogP contribution >= 0.6 is 11.3 Å². The zero-order valence-electron chi connectivity index (χ0n) is 14.6. The molecule has 3 aromatic rings. The van der Waals surface area contributed by atoms with E-state index in [2.05, 4.69) is 42.1 Å². The first kappa shape index (κ1) is 16.6. The number of rotatable bonds is 3. The highest BCUT2D eigenvalue weighted by Gasteiger charge is 2.14. The fourth-order valence-electron chi connectivity index (χ4n) is 2.66. The Kier molecular flexibility index (Phi) is 4.41. The molecule has 0 fully saturated rings. The minimum atomic E-state index is -0.257. The van der Waals surface area contributed by atoms with E-state index in [0.29, 0.717) is 16.4 Å². The number of hydrogen-bond donors (Lipinski definition) is 0. The first-order valence-electron chi connectivity index (χ1n) is 8.10. The van der Waals surface area contributed by atoms with Crippen molar-refractivity contribution in [1.29, 1.82) is 0 Å². The molecule has 2 heterocycles. The van der Waals surface area contributed by atoms with E-state index in [1.54, 1.807) is 28.3 Å². The molecule has 0 N–H and O–H groups in total. The molecule has 0 spiro atoms. The smallest absolute Gasteiger partial charge is 0.297 e. The monoisotopic (exact) mass is 342 g/mol. The van der Waals surface area contributed by atoms with Crippen LogP contribution in [0.25, 0.3) is 10.2 Å². The van der Waals surface area contributed by atoms with E-state index in [1.807, 2.05) is 25.5 Å². The molecule has 0 saturated carbocycles. The van der Waals surface area contributed by atoms with E-state index < -0.39 is 0 Å². The number of thiazole rings is 1. The zero-order valence-corrected chi connectivity index (χ0v) is 15.5. The number of carbonyl (C=O) groups excluding carboxylic acids is 1. The van der Waals surface area contributed by atoms with E-state index in [9.17, 15) is 4.79 Å². The SMILES string of the molecule is CC(C)c1ccc2c(c1)sc(=NC(=O)c1ccnn1C(C)C)n2C. The maximum atomic E-state index is 12.6. The lowest BCUT2D eigenvalue weighted by molar-refractivity contribution is 0.0986. The number of carbonyl (C=O) groups is 1. The van der Waals surface area contributed by atoms with Crippen LogP contribution in [0.1, 0.15) is 55.7 Å². The highest BCUT2D eigenvalue weighted by molar-refractivity contribution is 7.16. The zero-order chi connectivity index (χ0) is 17.4. The summed E-state index contributed by atoms with van der Waals surface area (Å²) in [7, 11) is 1.94. The van der Waals surface area contributed by atoms with Crippen molar-refractivity contribution >= 4 is 27.5 Å². The molecule has 0 saturated heterocycles. The van der Waals surface area contributed by atoms with Crippen LogP contribution in [-0.4, -0.2) is 20.3 Å². The molecule has 6 heteroatoms. The summed E-state index contributed by atoms with van der Waals surface area (Å²) >= 11 is 1.54. The number of nitrogens with zero attached hydrogens (tertiary/aromatic N) is 4. The van der Waals surface area contributed by atoms with Crippen LogP contribution in [0.3, 0.4) is 0 Å². The molecule has 126 valence electrons. The molecule has 3 rings (SSSR count). The Morgan fingerprint density at radius 2 is 1.96 bits per heavy atom. The molecular formula is C18H22N4OS. The van der Waals surface area contributed by atoms with Crippen molar-refractivity contribution in [2.24, 2.45) is 12.0 Å². The second kappa shape index (κ2) is 6.36. The molecule has 1 amide bonds. The molecule has 0 radical (unpaired) electrons. The fraction of sp³-hybridized carbons (Fsp3) is 0.389. The molecule has 5 nitrogen and oxygen atoms in total. The van der Waals surface area contributed by atoms with Crippen LogP contribution in [0, 0.1) is 0 Å². The Morgan fingerprint density at radius 3 is 2.62 bits per heavy atom. The predicted molar refractivity (Wildman–Crippen MR) is 97.4 cm³/mol. The Hall–Kier alpha value is -2.21. The molecule has 24 heavy (non-hydrogen) atoms. The van der Waals surface area contributed by atoms with Crippen molar-refractivity contribution in [3.05, 3.63) is 46.5 Å². The number of aromatic nitrogens is 3. The van der Waals surface area contributed by atoms with Crippen LogP contribution < -0.4 is 4.80 Å². The Labute approximate surface area is 145 Å². The van der Waals surface area contributed by atoms with Gasteiger partial charge in [-0.1, -0.05) is 31.3 Å². The number of aryl methyl sites for hydroxylation is 1. The first-order valence-corrected chi connectivity index (χ1v) is 8.92. The highest BCUT2D eigenvalue weighted by Crippen LogP contribution is 2.23. The largest absolute Gasteiger partial charge is 0.319 e. The lowest BCUT2D eigenvalue weighted by Crippen LogP contribution is -2.16. The molecule has 0 atom stereocenters. The minimum absolute atomic E-state index is 0.124. The van der Waals surface area contributed by atoms with E-state index in [0.717, 1.165) is 10.2 Å². The number of fused-ring (bicyclic) bond motifs is 1. The summed E-state index contributed by atoms with van der Waals surface area (Å²) in [6.07, 6.45) is 1.64. The number of amides is 1. The minimum Gasteiger partial charge on any atom is -0.319 e. The first-order chi connectivity index (χ1) is 11.4. The molecule has 1 aromatic carbocycles. The van der Waals surface area contributed by atoms with Crippen molar-refractivity contribution in [1.82, 2.24) is 14.3 Å². The van der Waals surface area contributed by atoms with Gasteiger partial charge in [-0.2, -0.15) is 10.1 Å². The lowest BCUT2D eigenvalue weighted by atomic mass is 10.0. The van der Waals surface area contributed by atoms with Gasteiger partial charge >= 0.3 is 0 Å². The molecule has 0 unspecified atom stereocenters. The van der Waals surface area contributed by atoms with Gasteiger partial charge in [0.05, 0.1) is 10.2 Å². The second-order valence-corrected chi connectivity index (χ2v) is 7.51. The van der Waals surface area contributed by atoms with E-state index in [-0.39, 0.29) is 11.9 Å². The Morgan fingerprint density at radius 1 is 1.21 bits per heavy atom. The van der Waals surface area contributed by atoms with E-state index in [1.165, 1.54) is 5.56 Å². The average Bonchev–Trinajstić information content (AvgIpc) is 3.13. The summed E-state index contributed by atoms with van der Waals surface area (Å²) in [6, 6.07) is 8.27. The van der Waals surface area contributed by atoms with E-state index in [4.69, 9.17) is 0 Å². The van der Waals surface area contributed by atoms with Gasteiger partial charge < -0.3 is 4.57 Å². The lowest BCUT2D eigenvalue weighted by Gasteiger charge is -2.07. The van der Waals surface area contributed by atoms with Crippen molar-refractivity contribution in [2.45, 2.75) is 39.7 Å².